The molecule has 0 saturated carbocycles. The van der Waals surface area contributed by atoms with Crippen LogP contribution in [0.15, 0.2) is 52.3 Å². The maximum Gasteiger partial charge on any atom is 0.416 e. The first-order valence-corrected chi connectivity index (χ1v) is 11.1. The number of alkyl halides is 3. The molecule has 0 aliphatic carbocycles. The van der Waals surface area contributed by atoms with Crippen LogP contribution < -0.4 is 4.72 Å². The summed E-state index contributed by atoms with van der Waals surface area (Å²) in [4.78, 5) is -0.607. The van der Waals surface area contributed by atoms with Crippen LogP contribution in [0.5, 0.6) is 0 Å². The highest BCUT2D eigenvalue weighted by atomic mass is 35.5. The SMILES string of the molecule is O=S1(=O)CCC(NS(=O)(=O)c2cccc(C(F)(F)F)c2)c2cc(Cl)ccc21. The van der Waals surface area contributed by atoms with Crippen LogP contribution in [-0.2, 0) is 26.0 Å². The van der Waals surface area contributed by atoms with E-state index in [0.717, 1.165) is 18.2 Å². The molecule has 0 saturated heterocycles. The summed E-state index contributed by atoms with van der Waals surface area (Å²) in [6.07, 6.45) is -4.75. The van der Waals surface area contributed by atoms with Gasteiger partial charge >= 0.3 is 6.18 Å². The molecule has 1 aliphatic heterocycles. The Bertz CT molecular complexity index is 1100. The van der Waals surface area contributed by atoms with E-state index in [1.807, 2.05) is 0 Å². The quantitative estimate of drug-likeness (QED) is 0.793. The van der Waals surface area contributed by atoms with E-state index in [1.54, 1.807) is 0 Å². The van der Waals surface area contributed by atoms with Gasteiger partial charge in [0.05, 0.1) is 21.1 Å². The fraction of sp³-hybridized carbons (Fsp3) is 0.250. The Morgan fingerprint density at radius 1 is 1.11 bits per heavy atom. The summed E-state index contributed by atoms with van der Waals surface area (Å²) < 4.78 is 90.3. The lowest BCUT2D eigenvalue weighted by molar-refractivity contribution is -0.137. The van der Waals surface area contributed by atoms with Gasteiger partial charge < -0.3 is 0 Å². The Kier molecular flexibility index (Phi) is 5.04. The van der Waals surface area contributed by atoms with E-state index in [9.17, 15) is 30.0 Å². The number of sulfone groups is 1. The van der Waals surface area contributed by atoms with Gasteiger partial charge in [-0.05, 0) is 48.4 Å². The first-order chi connectivity index (χ1) is 12.4. The van der Waals surface area contributed by atoms with Crippen molar-refractivity contribution in [1.82, 2.24) is 4.72 Å². The standard InChI is InChI=1S/C16H13ClF3NO4S2/c17-11-4-5-15-13(9-11)14(6-7-26(15,22)23)21-27(24,25)12-3-1-2-10(8-12)16(18,19)20/h1-5,8-9,14,21H,6-7H2. The van der Waals surface area contributed by atoms with Gasteiger partial charge in [-0.2, -0.15) is 13.2 Å². The minimum atomic E-state index is -4.69. The van der Waals surface area contributed by atoms with E-state index < -0.39 is 42.5 Å². The van der Waals surface area contributed by atoms with Gasteiger partial charge in [-0.1, -0.05) is 17.7 Å². The Morgan fingerprint density at radius 2 is 1.81 bits per heavy atom. The van der Waals surface area contributed by atoms with Crippen molar-refractivity contribution in [3.05, 3.63) is 58.6 Å². The van der Waals surface area contributed by atoms with Crippen LogP contribution in [0.1, 0.15) is 23.6 Å². The average molecular weight is 440 g/mol. The molecule has 1 unspecified atom stereocenters. The molecule has 0 spiro atoms. The predicted octanol–water partition coefficient (Wildman–Crippen LogP) is 3.56. The molecule has 2 aromatic carbocycles. The Hall–Kier alpha value is -1.62. The molecule has 0 aromatic heterocycles. The summed E-state index contributed by atoms with van der Waals surface area (Å²) >= 11 is 5.90. The molecule has 0 amide bonds. The molecular weight excluding hydrogens is 427 g/mol. The number of benzene rings is 2. The van der Waals surface area contributed by atoms with Gasteiger partial charge in [-0.15, -0.1) is 0 Å². The predicted molar refractivity (Wildman–Crippen MR) is 92.6 cm³/mol. The number of hydrogen-bond donors (Lipinski definition) is 1. The fourth-order valence-corrected chi connectivity index (χ4v) is 5.91. The van der Waals surface area contributed by atoms with E-state index in [0.29, 0.717) is 6.07 Å². The summed E-state index contributed by atoms with van der Waals surface area (Å²) in [5, 5.41) is 0.217. The monoisotopic (exact) mass is 439 g/mol. The highest BCUT2D eigenvalue weighted by Crippen LogP contribution is 2.35. The second kappa shape index (κ2) is 6.77. The van der Waals surface area contributed by atoms with Crippen LogP contribution >= 0.6 is 11.6 Å². The van der Waals surface area contributed by atoms with Crippen LogP contribution in [0.25, 0.3) is 0 Å². The number of nitrogens with one attached hydrogen (secondary N) is 1. The van der Waals surface area contributed by atoms with Crippen molar-refractivity contribution in [3.63, 3.8) is 0 Å². The van der Waals surface area contributed by atoms with Gasteiger partial charge in [-0.25, -0.2) is 21.6 Å². The third-order valence-electron chi connectivity index (χ3n) is 4.13. The summed E-state index contributed by atoms with van der Waals surface area (Å²) in [7, 11) is -7.90. The van der Waals surface area contributed by atoms with Gasteiger partial charge in [0.2, 0.25) is 10.0 Å². The van der Waals surface area contributed by atoms with Crippen molar-refractivity contribution in [2.45, 2.75) is 28.4 Å². The molecule has 1 aliphatic rings. The third kappa shape index (κ3) is 4.13. The zero-order valence-electron chi connectivity index (χ0n) is 13.5. The summed E-state index contributed by atoms with van der Waals surface area (Å²) in [5.74, 6) is -0.294. The largest absolute Gasteiger partial charge is 0.416 e. The average Bonchev–Trinajstić information content (AvgIpc) is 2.57. The first-order valence-electron chi connectivity index (χ1n) is 7.62. The van der Waals surface area contributed by atoms with Gasteiger partial charge in [-0.3, -0.25) is 0 Å². The molecule has 0 bridgehead atoms. The van der Waals surface area contributed by atoms with Crippen LogP contribution in [0.2, 0.25) is 5.02 Å². The molecule has 146 valence electrons. The molecule has 0 radical (unpaired) electrons. The first kappa shape index (κ1) is 20.1. The molecule has 1 heterocycles. The van der Waals surface area contributed by atoms with Gasteiger partial charge in [0.15, 0.2) is 9.84 Å². The topological polar surface area (TPSA) is 80.3 Å². The number of rotatable bonds is 3. The number of sulfonamides is 1. The zero-order chi connectivity index (χ0) is 20.0. The molecule has 5 nitrogen and oxygen atoms in total. The Morgan fingerprint density at radius 3 is 2.48 bits per heavy atom. The van der Waals surface area contributed by atoms with Crippen molar-refractivity contribution in [2.24, 2.45) is 0 Å². The maximum atomic E-state index is 12.8. The Balaban J connectivity index is 1.99. The van der Waals surface area contributed by atoms with E-state index >= 15 is 0 Å². The lowest BCUT2D eigenvalue weighted by atomic mass is 10.1. The third-order valence-corrected chi connectivity index (χ3v) is 7.65. The van der Waals surface area contributed by atoms with E-state index in [4.69, 9.17) is 11.6 Å². The Labute approximate surface area is 159 Å². The molecule has 3 rings (SSSR count). The molecule has 2 aromatic rings. The summed E-state index contributed by atoms with van der Waals surface area (Å²) in [6, 6.07) is 6.40. The van der Waals surface area contributed by atoms with E-state index in [1.165, 1.54) is 18.2 Å². The second-order valence-corrected chi connectivity index (χ2v) is 10.2. The fourth-order valence-electron chi connectivity index (χ4n) is 2.83. The lowest BCUT2D eigenvalue weighted by Crippen LogP contribution is -2.34. The molecule has 1 N–H and O–H groups in total. The second-order valence-electron chi connectivity index (χ2n) is 5.99. The molecular formula is C16H13ClF3NO4S2. The smallest absolute Gasteiger partial charge is 0.224 e. The van der Waals surface area contributed by atoms with Crippen LogP contribution in [0, 0.1) is 0 Å². The van der Waals surface area contributed by atoms with E-state index in [2.05, 4.69) is 4.72 Å². The van der Waals surface area contributed by atoms with Crippen LogP contribution in [0.4, 0.5) is 13.2 Å². The molecule has 11 heteroatoms. The number of halogens is 4. The van der Waals surface area contributed by atoms with E-state index in [-0.39, 0.29) is 27.7 Å². The normalized spacial score (nSPS) is 19.5. The highest BCUT2D eigenvalue weighted by molar-refractivity contribution is 7.91. The van der Waals surface area contributed by atoms with Crippen LogP contribution in [0.3, 0.4) is 0 Å². The number of hydrogen-bond acceptors (Lipinski definition) is 4. The van der Waals surface area contributed by atoms with Crippen molar-refractivity contribution in [1.29, 1.82) is 0 Å². The molecule has 27 heavy (non-hydrogen) atoms. The molecule has 1 atom stereocenters. The molecule has 0 fully saturated rings. The summed E-state index contributed by atoms with van der Waals surface area (Å²) in [5.41, 5.74) is -0.927. The minimum Gasteiger partial charge on any atom is -0.224 e. The van der Waals surface area contributed by atoms with Crippen molar-refractivity contribution < 1.29 is 30.0 Å². The van der Waals surface area contributed by atoms with Gasteiger partial charge in [0.1, 0.15) is 0 Å². The van der Waals surface area contributed by atoms with Crippen molar-refractivity contribution in [3.8, 4) is 0 Å². The number of fused-ring (bicyclic) bond motifs is 1. The minimum absolute atomic E-state index is 0.0464. The van der Waals surface area contributed by atoms with Crippen molar-refractivity contribution >= 4 is 31.5 Å². The maximum absolute atomic E-state index is 12.8. The van der Waals surface area contributed by atoms with Gasteiger partial charge in [0.25, 0.3) is 0 Å². The lowest BCUT2D eigenvalue weighted by Gasteiger charge is -2.26. The van der Waals surface area contributed by atoms with Gasteiger partial charge in [0, 0.05) is 11.1 Å². The van der Waals surface area contributed by atoms with Crippen molar-refractivity contribution in [2.75, 3.05) is 5.75 Å². The highest BCUT2D eigenvalue weighted by Gasteiger charge is 2.35. The van der Waals surface area contributed by atoms with Crippen LogP contribution in [-0.4, -0.2) is 22.6 Å². The summed E-state index contributed by atoms with van der Waals surface area (Å²) in [6.45, 7) is 0. The zero-order valence-corrected chi connectivity index (χ0v) is 15.9.